The van der Waals surface area contributed by atoms with Gasteiger partial charge in [0.2, 0.25) is 0 Å². The second kappa shape index (κ2) is 8.01. The van der Waals surface area contributed by atoms with Crippen molar-refractivity contribution in [2.45, 2.75) is 13.0 Å². The number of methoxy groups -OCH3 is 1. The number of para-hydroxylation sites is 1. The van der Waals surface area contributed by atoms with Gasteiger partial charge in [-0.3, -0.25) is 4.79 Å². The van der Waals surface area contributed by atoms with Gasteiger partial charge in [-0.1, -0.05) is 30.3 Å². The summed E-state index contributed by atoms with van der Waals surface area (Å²) in [5.74, 6) is -0.646. The summed E-state index contributed by atoms with van der Waals surface area (Å²) in [5, 5.41) is 9.46. The SMILES string of the molecule is COC(=O)c1ccc([C@@H]2NC(=S)NC(C)=C2C(=O)Nc2ccccc2)cc1. The molecule has 0 radical (unpaired) electrons. The van der Waals surface area contributed by atoms with Crippen LogP contribution in [0, 0.1) is 0 Å². The van der Waals surface area contributed by atoms with Gasteiger partial charge in [-0.2, -0.15) is 0 Å². The Morgan fingerprint density at radius 1 is 1.07 bits per heavy atom. The van der Waals surface area contributed by atoms with Gasteiger partial charge in [0.1, 0.15) is 0 Å². The van der Waals surface area contributed by atoms with E-state index in [1.54, 1.807) is 24.3 Å². The first-order chi connectivity index (χ1) is 13.0. The second-order valence-corrected chi connectivity index (χ2v) is 6.41. The molecule has 0 saturated carbocycles. The molecule has 0 aliphatic carbocycles. The molecule has 138 valence electrons. The fraction of sp³-hybridized carbons (Fsp3) is 0.150. The minimum absolute atomic E-state index is 0.233. The molecule has 0 unspecified atom stereocenters. The van der Waals surface area contributed by atoms with Crippen molar-refractivity contribution in [2.75, 3.05) is 12.4 Å². The van der Waals surface area contributed by atoms with Crippen LogP contribution in [-0.4, -0.2) is 24.1 Å². The second-order valence-electron chi connectivity index (χ2n) is 6.00. The largest absolute Gasteiger partial charge is 0.465 e. The van der Waals surface area contributed by atoms with Gasteiger partial charge in [0.15, 0.2) is 5.11 Å². The summed E-state index contributed by atoms with van der Waals surface area (Å²) >= 11 is 5.25. The monoisotopic (exact) mass is 381 g/mol. The summed E-state index contributed by atoms with van der Waals surface area (Å²) in [6, 6.07) is 15.7. The van der Waals surface area contributed by atoms with E-state index in [1.165, 1.54) is 7.11 Å². The lowest BCUT2D eigenvalue weighted by Crippen LogP contribution is -2.45. The zero-order valence-electron chi connectivity index (χ0n) is 14.9. The molecule has 0 spiro atoms. The number of allylic oxidation sites excluding steroid dienone is 1. The van der Waals surface area contributed by atoms with Crippen molar-refractivity contribution in [1.29, 1.82) is 0 Å². The molecule has 1 amide bonds. The third kappa shape index (κ3) is 4.15. The number of carbonyl (C=O) groups excluding carboxylic acids is 2. The van der Waals surface area contributed by atoms with Crippen LogP contribution < -0.4 is 16.0 Å². The van der Waals surface area contributed by atoms with E-state index in [1.807, 2.05) is 37.3 Å². The average molecular weight is 381 g/mol. The number of benzene rings is 2. The van der Waals surface area contributed by atoms with E-state index in [-0.39, 0.29) is 5.91 Å². The van der Waals surface area contributed by atoms with Crippen molar-refractivity contribution in [3.8, 4) is 0 Å². The Balaban J connectivity index is 1.92. The van der Waals surface area contributed by atoms with E-state index in [9.17, 15) is 9.59 Å². The van der Waals surface area contributed by atoms with Crippen LogP contribution >= 0.6 is 12.2 Å². The maximum Gasteiger partial charge on any atom is 0.337 e. The number of ether oxygens (including phenoxy) is 1. The van der Waals surface area contributed by atoms with Gasteiger partial charge < -0.3 is 20.7 Å². The molecule has 6 nitrogen and oxygen atoms in total. The summed E-state index contributed by atoms with van der Waals surface area (Å²) in [4.78, 5) is 24.6. The van der Waals surface area contributed by atoms with Crippen LogP contribution in [0.5, 0.6) is 0 Å². The lowest BCUT2D eigenvalue weighted by molar-refractivity contribution is -0.113. The Hall–Kier alpha value is -3.19. The van der Waals surface area contributed by atoms with Crippen LogP contribution in [0.4, 0.5) is 5.69 Å². The minimum Gasteiger partial charge on any atom is -0.465 e. The predicted molar refractivity (Wildman–Crippen MR) is 107 cm³/mol. The molecule has 27 heavy (non-hydrogen) atoms. The quantitative estimate of drug-likeness (QED) is 0.558. The Morgan fingerprint density at radius 3 is 2.37 bits per heavy atom. The number of amides is 1. The number of hydrogen-bond acceptors (Lipinski definition) is 4. The van der Waals surface area contributed by atoms with Crippen molar-refractivity contribution < 1.29 is 14.3 Å². The number of hydrogen-bond donors (Lipinski definition) is 3. The first kappa shape index (κ1) is 18.6. The molecule has 2 aromatic rings. The van der Waals surface area contributed by atoms with E-state index < -0.39 is 12.0 Å². The highest BCUT2D eigenvalue weighted by molar-refractivity contribution is 7.80. The Bertz CT molecular complexity index is 908. The molecule has 1 aliphatic rings. The number of thiocarbonyl (C=S) groups is 1. The third-order valence-electron chi connectivity index (χ3n) is 4.21. The van der Waals surface area contributed by atoms with Gasteiger partial charge in [-0.25, -0.2) is 4.79 Å². The summed E-state index contributed by atoms with van der Waals surface area (Å²) < 4.78 is 4.72. The molecule has 1 aliphatic heterocycles. The molecule has 1 atom stereocenters. The zero-order valence-corrected chi connectivity index (χ0v) is 15.7. The lowest BCUT2D eigenvalue weighted by Gasteiger charge is -2.30. The summed E-state index contributed by atoms with van der Waals surface area (Å²) in [6.45, 7) is 1.81. The normalized spacial score (nSPS) is 16.2. The molecule has 0 bridgehead atoms. The fourth-order valence-electron chi connectivity index (χ4n) is 2.89. The maximum absolute atomic E-state index is 12.9. The Morgan fingerprint density at radius 2 is 1.74 bits per heavy atom. The molecule has 0 fully saturated rings. The standard InChI is InChI=1S/C20H19N3O3S/c1-12-16(18(24)22-15-6-4-3-5-7-15)17(23-20(27)21-12)13-8-10-14(11-9-13)19(25)26-2/h3-11,17H,1-2H3,(H,22,24)(H2,21,23,27)/t17-/m0/s1. The summed E-state index contributed by atoms with van der Waals surface area (Å²) in [6.07, 6.45) is 0. The van der Waals surface area contributed by atoms with Crippen molar-refractivity contribution in [3.63, 3.8) is 0 Å². The Kier molecular flexibility index (Phi) is 5.52. The molecule has 0 saturated heterocycles. The van der Waals surface area contributed by atoms with Crippen LogP contribution in [0.1, 0.15) is 28.9 Å². The molecule has 7 heteroatoms. The van der Waals surface area contributed by atoms with Crippen molar-refractivity contribution in [2.24, 2.45) is 0 Å². The molecular weight excluding hydrogens is 362 g/mol. The van der Waals surface area contributed by atoms with Gasteiger partial charge in [-0.15, -0.1) is 0 Å². The average Bonchev–Trinajstić information content (AvgIpc) is 2.67. The lowest BCUT2D eigenvalue weighted by atomic mass is 9.94. The van der Waals surface area contributed by atoms with Crippen LogP contribution in [0.25, 0.3) is 0 Å². The van der Waals surface area contributed by atoms with Crippen LogP contribution in [0.3, 0.4) is 0 Å². The first-order valence-corrected chi connectivity index (χ1v) is 8.73. The van der Waals surface area contributed by atoms with Crippen LogP contribution in [0.15, 0.2) is 65.9 Å². The molecule has 2 aromatic carbocycles. The van der Waals surface area contributed by atoms with E-state index in [4.69, 9.17) is 17.0 Å². The number of esters is 1. The van der Waals surface area contributed by atoms with E-state index in [0.717, 1.165) is 5.56 Å². The van der Waals surface area contributed by atoms with Crippen LogP contribution in [-0.2, 0) is 9.53 Å². The van der Waals surface area contributed by atoms with Gasteiger partial charge in [0.05, 0.1) is 24.3 Å². The number of carbonyl (C=O) groups is 2. The van der Waals surface area contributed by atoms with Crippen molar-refractivity contribution >= 4 is 34.9 Å². The molecule has 0 aromatic heterocycles. The van der Waals surface area contributed by atoms with Gasteiger partial charge >= 0.3 is 5.97 Å². The predicted octanol–water partition coefficient (Wildman–Crippen LogP) is 2.90. The maximum atomic E-state index is 12.9. The van der Waals surface area contributed by atoms with Crippen LogP contribution in [0.2, 0.25) is 0 Å². The minimum atomic E-state index is -0.436. The molecule has 3 rings (SSSR count). The van der Waals surface area contributed by atoms with Crippen molar-refractivity contribution in [3.05, 3.63) is 77.0 Å². The Labute approximate surface area is 162 Å². The summed E-state index contributed by atoms with van der Waals surface area (Å²) in [7, 11) is 1.33. The third-order valence-corrected chi connectivity index (χ3v) is 4.43. The highest BCUT2D eigenvalue weighted by atomic mass is 32.1. The van der Waals surface area contributed by atoms with Crippen molar-refractivity contribution in [1.82, 2.24) is 10.6 Å². The first-order valence-electron chi connectivity index (χ1n) is 8.32. The van der Waals surface area contributed by atoms with Gasteiger partial charge in [0.25, 0.3) is 5.91 Å². The zero-order chi connectivity index (χ0) is 19.4. The highest BCUT2D eigenvalue weighted by Gasteiger charge is 2.30. The number of rotatable bonds is 4. The van der Waals surface area contributed by atoms with E-state index in [2.05, 4.69) is 16.0 Å². The molecule has 1 heterocycles. The van der Waals surface area contributed by atoms with Gasteiger partial charge in [-0.05, 0) is 49.0 Å². The fourth-order valence-corrected chi connectivity index (χ4v) is 3.17. The van der Waals surface area contributed by atoms with Gasteiger partial charge in [0, 0.05) is 11.4 Å². The molecule has 3 N–H and O–H groups in total. The van der Waals surface area contributed by atoms with E-state index in [0.29, 0.717) is 27.6 Å². The number of anilines is 1. The molecular formula is C20H19N3O3S. The number of nitrogens with one attached hydrogen (secondary N) is 3. The summed E-state index contributed by atoms with van der Waals surface area (Å²) in [5.41, 5.74) is 3.15. The van der Waals surface area contributed by atoms with E-state index >= 15 is 0 Å². The topological polar surface area (TPSA) is 79.5 Å². The smallest absolute Gasteiger partial charge is 0.337 e. The highest BCUT2D eigenvalue weighted by Crippen LogP contribution is 2.28.